The van der Waals surface area contributed by atoms with Crippen LogP contribution in [0, 0.1) is 0 Å². The maximum atomic E-state index is 6.07. The van der Waals surface area contributed by atoms with Crippen LogP contribution in [-0.2, 0) is 7.05 Å². The van der Waals surface area contributed by atoms with Gasteiger partial charge in [0.2, 0.25) is 0 Å². The van der Waals surface area contributed by atoms with Crippen LogP contribution in [0.2, 0.25) is 0 Å². The molecular formula is C10H17BrN4. The van der Waals surface area contributed by atoms with Gasteiger partial charge in [-0.1, -0.05) is 18.1 Å². The summed E-state index contributed by atoms with van der Waals surface area (Å²) in [5, 5.41) is 8.06. The van der Waals surface area contributed by atoms with Gasteiger partial charge in [0, 0.05) is 19.0 Å². The van der Waals surface area contributed by atoms with E-state index in [-0.39, 0.29) is 0 Å². The lowest BCUT2D eigenvalue weighted by molar-refractivity contribution is 0.503. The normalized spacial score (nSPS) is 27.7. The van der Waals surface area contributed by atoms with E-state index in [1.165, 1.54) is 25.0 Å². The third-order valence-corrected chi connectivity index (χ3v) is 3.74. The van der Waals surface area contributed by atoms with Gasteiger partial charge in [0.15, 0.2) is 4.60 Å². The van der Waals surface area contributed by atoms with Crippen LogP contribution >= 0.6 is 15.9 Å². The van der Waals surface area contributed by atoms with E-state index in [1.54, 1.807) is 0 Å². The molecule has 1 saturated carbocycles. The summed E-state index contributed by atoms with van der Waals surface area (Å²) in [6, 6.07) is 0.333. The first-order chi connectivity index (χ1) is 7.18. The van der Waals surface area contributed by atoms with Crippen molar-refractivity contribution in [2.45, 2.75) is 44.1 Å². The summed E-state index contributed by atoms with van der Waals surface area (Å²) in [5.41, 5.74) is 7.27. The second-order valence-electron chi connectivity index (χ2n) is 4.37. The molecule has 4 nitrogen and oxygen atoms in total. The van der Waals surface area contributed by atoms with Crippen LogP contribution in [0.15, 0.2) is 4.60 Å². The smallest absolute Gasteiger partial charge is 0.151 e. The van der Waals surface area contributed by atoms with Gasteiger partial charge >= 0.3 is 0 Å². The quantitative estimate of drug-likeness (QED) is 0.796. The summed E-state index contributed by atoms with van der Waals surface area (Å²) < 4.78 is 2.75. The van der Waals surface area contributed by atoms with Crippen LogP contribution in [-0.4, -0.2) is 21.0 Å². The molecule has 1 aromatic rings. The summed E-state index contributed by atoms with van der Waals surface area (Å²) in [4.78, 5) is 0. The van der Waals surface area contributed by atoms with E-state index in [0.29, 0.717) is 12.0 Å². The van der Waals surface area contributed by atoms with Gasteiger partial charge in [-0.3, -0.25) is 4.68 Å². The molecule has 0 amide bonds. The van der Waals surface area contributed by atoms with Gasteiger partial charge in [-0.05, 0) is 35.2 Å². The topological polar surface area (TPSA) is 56.7 Å². The van der Waals surface area contributed by atoms with E-state index in [1.807, 2.05) is 11.7 Å². The van der Waals surface area contributed by atoms with Crippen molar-refractivity contribution in [2.24, 2.45) is 12.8 Å². The SMILES string of the molecule is Cn1nnc(Br)c1C1CCCCC(N)C1. The Morgan fingerprint density at radius 3 is 2.80 bits per heavy atom. The third kappa shape index (κ3) is 2.39. The van der Waals surface area contributed by atoms with Crippen molar-refractivity contribution >= 4 is 15.9 Å². The number of nitrogens with zero attached hydrogens (tertiary/aromatic N) is 3. The van der Waals surface area contributed by atoms with Crippen LogP contribution in [0.25, 0.3) is 0 Å². The molecule has 0 spiro atoms. The highest BCUT2D eigenvalue weighted by Gasteiger charge is 2.24. The van der Waals surface area contributed by atoms with E-state index in [4.69, 9.17) is 5.73 Å². The molecule has 2 N–H and O–H groups in total. The standard InChI is InChI=1S/C10H17BrN4/c1-15-9(10(11)13-14-15)7-4-2-3-5-8(12)6-7/h7-8H,2-6,12H2,1H3. The predicted octanol–water partition coefficient (Wildman–Crippen LogP) is 1.95. The van der Waals surface area contributed by atoms with Gasteiger partial charge in [0.05, 0.1) is 5.69 Å². The molecule has 2 atom stereocenters. The van der Waals surface area contributed by atoms with Crippen LogP contribution in [0.5, 0.6) is 0 Å². The lowest BCUT2D eigenvalue weighted by Crippen LogP contribution is -2.21. The Morgan fingerprint density at radius 1 is 1.40 bits per heavy atom. The van der Waals surface area contributed by atoms with Gasteiger partial charge < -0.3 is 5.73 Å². The van der Waals surface area contributed by atoms with Crippen molar-refractivity contribution in [3.8, 4) is 0 Å². The highest BCUT2D eigenvalue weighted by molar-refractivity contribution is 9.10. The lowest BCUT2D eigenvalue weighted by atomic mass is 9.95. The van der Waals surface area contributed by atoms with Crippen molar-refractivity contribution in [2.75, 3.05) is 0 Å². The molecule has 15 heavy (non-hydrogen) atoms. The van der Waals surface area contributed by atoms with E-state index < -0.39 is 0 Å². The Balaban J connectivity index is 2.21. The van der Waals surface area contributed by atoms with Crippen molar-refractivity contribution in [1.29, 1.82) is 0 Å². The molecular weight excluding hydrogens is 256 g/mol. The summed E-state index contributed by atoms with van der Waals surface area (Å²) in [6.45, 7) is 0. The first-order valence-corrected chi connectivity index (χ1v) is 6.28. The van der Waals surface area contributed by atoms with Crippen LogP contribution < -0.4 is 5.73 Å². The fourth-order valence-corrected chi connectivity index (χ4v) is 3.07. The zero-order valence-corrected chi connectivity index (χ0v) is 10.6. The third-order valence-electron chi connectivity index (χ3n) is 3.18. The van der Waals surface area contributed by atoms with Crippen molar-refractivity contribution in [1.82, 2.24) is 15.0 Å². The number of hydrogen-bond donors (Lipinski definition) is 1. The van der Waals surface area contributed by atoms with Gasteiger partial charge in [0.1, 0.15) is 0 Å². The van der Waals surface area contributed by atoms with E-state index in [2.05, 4.69) is 26.2 Å². The van der Waals surface area contributed by atoms with Gasteiger partial charge in [-0.25, -0.2) is 0 Å². The predicted molar refractivity (Wildman–Crippen MR) is 62.5 cm³/mol. The zero-order valence-electron chi connectivity index (χ0n) is 8.99. The highest BCUT2D eigenvalue weighted by Crippen LogP contribution is 2.33. The molecule has 0 aromatic carbocycles. The first-order valence-electron chi connectivity index (χ1n) is 5.49. The maximum Gasteiger partial charge on any atom is 0.151 e. The molecule has 0 aliphatic heterocycles. The van der Waals surface area contributed by atoms with Crippen LogP contribution in [0.3, 0.4) is 0 Å². The molecule has 1 heterocycles. The molecule has 1 aliphatic rings. The minimum Gasteiger partial charge on any atom is -0.328 e. The maximum absolute atomic E-state index is 6.07. The van der Waals surface area contributed by atoms with Gasteiger partial charge in [-0.15, -0.1) is 5.10 Å². The van der Waals surface area contributed by atoms with Crippen molar-refractivity contribution in [3.63, 3.8) is 0 Å². The second kappa shape index (κ2) is 4.61. The van der Waals surface area contributed by atoms with E-state index in [0.717, 1.165) is 17.4 Å². The molecule has 0 saturated heterocycles. The Morgan fingerprint density at radius 2 is 2.13 bits per heavy atom. The molecule has 5 heteroatoms. The summed E-state index contributed by atoms with van der Waals surface area (Å²) in [5.74, 6) is 0.511. The number of halogens is 1. The van der Waals surface area contributed by atoms with Crippen molar-refractivity contribution in [3.05, 3.63) is 10.3 Å². The minimum absolute atomic E-state index is 0.333. The second-order valence-corrected chi connectivity index (χ2v) is 5.12. The van der Waals surface area contributed by atoms with Crippen LogP contribution in [0.1, 0.15) is 43.7 Å². The minimum atomic E-state index is 0.333. The largest absolute Gasteiger partial charge is 0.328 e. The van der Waals surface area contributed by atoms with E-state index >= 15 is 0 Å². The highest BCUT2D eigenvalue weighted by atomic mass is 79.9. The fourth-order valence-electron chi connectivity index (χ4n) is 2.42. The monoisotopic (exact) mass is 272 g/mol. The summed E-state index contributed by atoms with van der Waals surface area (Å²) >= 11 is 3.46. The summed E-state index contributed by atoms with van der Waals surface area (Å²) in [6.07, 6.45) is 5.92. The molecule has 1 aromatic heterocycles. The Labute approximate surface area is 98.3 Å². The zero-order chi connectivity index (χ0) is 10.8. The molecule has 1 fully saturated rings. The number of rotatable bonds is 1. The average molecular weight is 273 g/mol. The molecule has 84 valence electrons. The van der Waals surface area contributed by atoms with Gasteiger partial charge in [0.25, 0.3) is 0 Å². The van der Waals surface area contributed by atoms with Crippen LogP contribution in [0.4, 0.5) is 0 Å². The van der Waals surface area contributed by atoms with E-state index in [9.17, 15) is 0 Å². The Hall–Kier alpha value is -0.420. The molecule has 2 rings (SSSR count). The fraction of sp³-hybridized carbons (Fsp3) is 0.800. The number of hydrogen-bond acceptors (Lipinski definition) is 3. The number of aromatic nitrogens is 3. The first kappa shape index (κ1) is 11.1. The average Bonchev–Trinajstić information content (AvgIpc) is 2.40. The lowest BCUT2D eigenvalue weighted by Gasteiger charge is -2.17. The van der Waals surface area contributed by atoms with Gasteiger partial charge in [-0.2, -0.15) is 0 Å². The molecule has 1 aliphatic carbocycles. The molecule has 0 radical (unpaired) electrons. The Kier molecular flexibility index (Phi) is 3.41. The number of nitrogens with two attached hydrogens (primary N) is 1. The molecule has 2 unspecified atom stereocenters. The Bertz CT molecular complexity index is 317. The van der Waals surface area contributed by atoms with Crippen molar-refractivity contribution < 1.29 is 0 Å². The molecule has 0 bridgehead atoms. The number of aryl methyl sites for hydroxylation is 1. The summed E-state index contributed by atoms with van der Waals surface area (Å²) in [7, 11) is 1.95.